The molecule has 1 heterocycles. The Labute approximate surface area is 130 Å². The Morgan fingerprint density at radius 1 is 1.10 bits per heavy atom. The highest BCUT2D eigenvalue weighted by atomic mass is 32.1. The summed E-state index contributed by atoms with van der Waals surface area (Å²) >= 11 is 1.81. The molecule has 114 valence electrons. The van der Waals surface area contributed by atoms with Gasteiger partial charge in [0.2, 0.25) is 0 Å². The summed E-state index contributed by atoms with van der Waals surface area (Å²) in [6.07, 6.45) is 1.17. The summed E-state index contributed by atoms with van der Waals surface area (Å²) in [7, 11) is 1.68. The molecule has 0 spiro atoms. The van der Waals surface area contributed by atoms with Gasteiger partial charge in [0.1, 0.15) is 5.75 Å². The Morgan fingerprint density at radius 2 is 1.95 bits per heavy atom. The number of hydrogen-bond donors (Lipinski definition) is 1. The maximum Gasteiger partial charge on any atom is 0.119 e. The lowest BCUT2D eigenvalue weighted by Crippen LogP contribution is -2.12. The van der Waals surface area contributed by atoms with Gasteiger partial charge >= 0.3 is 0 Å². The molecule has 4 heteroatoms. The summed E-state index contributed by atoms with van der Waals surface area (Å²) in [5.74, 6) is 0.872. The van der Waals surface area contributed by atoms with Crippen molar-refractivity contribution in [3.63, 3.8) is 0 Å². The first-order chi connectivity index (χ1) is 10.3. The molecule has 1 N–H and O–H groups in total. The molecule has 0 amide bonds. The minimum Gasteiger partial charge on any atom is -0.497 e. The van der Waals surface area contributed by atoms with E-state index in [2.05, 4.69) is 30.4 Å². The Balaban J connectivity index is 1.75. The molecule has 21 heavy (non-hydrogen) atoms. The number of benzene rings is 1. The van der Waals surface area contributed by atoms with E-state index in [0.29, 0.717) is 13.2 Å². The van der Waals surface area contributed by atoms with Crippen LogP contribution in [0.4, 0.5) is 0 Å². The first-order valence-electron chi connectivity index (χ1n) is 7.30. The molecule has 0 aliphatic carbocycles. The number of ether oxygens (including phenoxy) is 2. The average molecular weight is 305 g/mol. The Hall–Kier alpha value is -1.36. The molecule has 0 atom stereocenters. The molecule has 1 aromatic heterocycles. The van der Waals surface area contributed by atoms with Crippen LogP contribution in [0.2, 0.25) is 0 Å². The normalized spacial score (nSPS) is 10.8. The third-order valence-corrected chi connectivity index (χ3v) is 4.15. The molecule has 0 aliphatic heterocycles. The van der Waals surface area contributed by atoms with Crippen molar-refractivity contribution in [2.45, 2.75) is 33.1 Å². The lowest BCUT2D eigenvalue weighted by Gasteiger charge is -2.05. The lowest BCUT2D eigenvalue weighted by molar-refractivity contribution is 0.109. The third kappa shape index (κ3) is 5.50. The van der Waals surface area contributed by atoms with Gasteiger partial charge < -0.3 is 14.8 Å². The zero-order valence-electron chi connectivity index (χ0n) is 12.7. The first kappa shape index (κ1) is 16.0. The van der Waals surface area contributed by atoms with Crippen molar-refractivity contribution in [3.05, 3.63) is 51.7 Å². The van der Waals surface area contributed by atoms with E-state index >= 15 is 0 Å². The number of nitrogens with one attached hydrogen (secondary N) is 1. The second-order valence-corrected chi connectivity index (χ2v) is 6.14. The molecule has 3 nitrogen and oxygen atoms in total. The van der Waals surface area contributed by atoms with Crippen molar-refractivity contribution in [1.82, 2.24) is 5.32 Å². The van der Waals surface area contributed by atoms with Crippen LogP contribution in [0.1, 0.15) is 28.7 Å². The number of hydrogen-bond acceptors (Lipinski definition) is 4. The SMILES string of the molecule is CCCNCc1ccc(COCc2cccc(OC)c2)s1. The minimum atomic E-state index is 0.610. The van der Waals surface area contributed by atoms with Gasteiger partial charge in [0.25, 0.3) is 0 Å². The van der Waals surface area contributed by atoms with Crippen molar-refractivity contribution in [3.8, 4) is 5.75 Å². The number of rotatable bonds is 9. The molecule has 0 saturated carbocycles. The molecule has 0 aliphatic rings. The van der Waals surface area contributed by atoms with Crippen LogP contribution in [0, 0.1) is 0 Å². The van der Waals surface area contributed by atoms with Crippen LogP contribution < -0.4 is 10.1 Å². The summed E-state index contributed by atoms with van der Waals surface area (Å²) in [6.45, 7) is 5.47. The van der Waals surface area contributed by atoms with Crippen LogP contribution in [0.3, 0.4) is 0 Å². The highest BCUT2D eigenvalue weighted by Crippen LogP contribution is 2.19. The van der Waals surface area contributed by atoms with E-state index in [9.17, 15) is 0 Å². The predicted molar refractivity (Wildman–Crippen MR) is 87.8 cm³/mol. The van der Waals surface area contributed by atoms with Crippen molar-refractivity contribution < 1.29 is 9.47 Å². The molecular formula is C17H23NO2S. The largest absolute Gasteiger partial charge is 0.497 e. The van der Waals surface area contributed by atoms with Crippen LogP contribution >= 0.6 is 11.3 Å². The zero-order valence-corrected chi connectivity index (χ0v) is 13.5. The summed E-state index contributed by atoms with van der Waals surface area (Å²) in [5.41, 5.74) is 1.13. The highest BCUT2D eigenvalue weighted by molar-refractivity contribution is 7.11. The average Bonchev–Trinajstić information content (AvgIpc) is 2.96. The predicted octanol–water partition coefficient (Wildman–Crippen LogP) is 3.97. The number of thiophene rings is 1. The molecule has 0 bridgehead atoms. The van der Waals surface area contributed by atoms with Gasteiger partial charge in [-0.2, -0.15) is 0 Å². The van der Waals surface area contributed by atoms with Gasteiger partial charge in [0.05, 0.1) is 20.3 Å². The maximum atomic E-state index is 5.78. The smallest absolute Gasteiger partial charge is 0.119 e. The maximum absolute atomic E-state index is 5.78. The van der Waals surface area contributed by atoms with Crippen LogP contribution in [0.15, 0.2) is 36.4 Å². The van der Waals surface area contributed by atoms with Crippen LogP contribution in [-0.4, -0.2) is 13.7 Å². The van der Waals surface area contributed by atoms with Gasteiger partial charge in [0.15, 0.2) is 0 Å². The summed E-state index contributed by atoms with van der Waals surface area (Å²) in [6, 6.07) is 12.3. The molecular weight excluding hydrogens is 282 g/mol. The summed E-state index contributed by atoms with van der Waals surface area (Å²) < 4.78 is 11.0. The van der Waals surface area contributed by atoms with Gasteiger partial charge in [0, 0.05) is 16.3 Å². The van der Waals surface area contributed by atoms with E-state index in [1.165, 1.54) is 16.2 Å². The first-order valence-corrected chi connectivity index (χ1v) is 8.12. The molecule has 0 saturated heterocycles. The second kappa shape index (κ2) is 8.82. The topological polar surface area (TPSA) is 30.5 Å². The second-order valence-electron chi connectivity index (χ2n) is 4.89. The van der Waals surface area contributed by atoms with E-state index in [1.54, 1.807) is 7.11 Å². The molecule has 0 radical (unpaired) electrons. The Morgan fingerprint density at radius 3 is 2.76 bits per heavy atom. The minimum absolute atomic E-state index is 0.610. The van der Waals surface area contributed by atoms with E-state index in [-0.39, 0.29) is 0 Å². The molecule has 0 fully saturated rings. The van der Waals surface area contributed by atoms with Gasteiger partial charge in [-0.15, -0.1) is 11.3 Å². The molecule has 2 aromatic rings. The molecule has 0 unspecified atom stereocenters. The number of methoxy groups -OCH3 is 1. The van der Waals surface area contributed by atoms with Crippen LogP contribution in [0.25, 0.3) is 0 Å². The quantitative estimate of drug-likeness (QED) is 0.711. The fourth-order valence-electron chi connectivity index (χ4n) is 2.01. The van der Waals surface area contributed by atoms with Gasteiger partial charge in [-0.05, 0) is 42.8 Å². The highest BCUT2D eigenvalue weighted by Gasteiger charge is 2.01. The van der Waals surface area contributed by atoms with Crippen molar-refractivity contribution in [1.29, 1.82) is 0 Å². The molecule has 2 rings (SSSR count). The van der Waals surface area contributed by atoms with E-state index in [0.717, 1.165) is 24.4 Å². The fraction of sp³-hybridized carbons (Fsp3) is 0.412. The lowest BCUT2D eigenvalue weighted by atomic mass is 10.2. The van der Waals surface area contributed by atoms with Gasteiger partial charge in [-0.3, -0.25) is 0 Å². The van der Waals surface area contributed by atoms with Crippen LogP contribution in [-0.2, 0) is 24.5 Å². The zero-order chi connectivity index (χ0) is 14.9. The van der Waals surface area contributed by atoms with Crippen molar-refractivity contribution in [2.24, 2.45) is 0 Å². The van der Waals surface area contributed by atoms with Crippen molar-refractivity contribution in [2.75, 3.05) is 13.7 Å². The van der Waals surface area contributed by atoms with Gasteiger partial charge in [-0.1, -0.05) is 19.1 Å². The Kier molecular flexibility index (Phi) is 6.73. The van der Waals surface area contributed by atoms with Crippen LogP contribution in [0.5, 0.6) is 5.75 Å². The summed E-state index contributed by atoms with van der Waals surface area (Å²) in [4.78, 5) is 2.63. The van der Waals surface area contributed by atoms with Gasteiger partial charge in [-0.25, -0.2) is 0 Å². The summed E-state index contributed by atoms with van der Waals surface area (Å²) in [5, 5.41) is 3.41. The third-order valence-electron chi connectivity index (χ3n) is 3.09. The van der Waals surface area contributed by atoms with E-state index in [4.69, 9.17) is 9.47 Å². The van der Waals surface area contributed by atoms with E-state index in [1.807, 2.05) is 29.5 Å². The fourth-order valence-corrected chi connectivity index (χ4v) is 2.94. The monoisotopic (exact) mass is 305 g/mol. The molecule has 1 aromatic carbocycles. The Bertz CT molecular complexity index is 539. The standard InChI is InChI=1S/C17H23NO2S/c1-3-9-18-11-16-7-8-17(21-16)13-20-12-14-5-4-6-15(10-14)19-2/h4-8,10,18H,3,9,11-13H2,1-2H3. The van der Waals surface area contributed by atoms with E-state index < -0.39 is 0 Å². The van der Waals surface area contributed by atoms with Crippen molar-refractivity contribution >= 4 is 11.3 Å².